The Hall–Kier alpha value is -1.30. The van der Waals surface area contributed by atoms with Gasteiger partial charge in [0.05, 0.1) is 0 Å². The Kier molecular flexibility index (Phi) is 5.71. The van der Waals surface area contributed by atoms with E-state index >= 15 is 0 Å². The number of hydrogen-bond acceptors (Lipinski definition) is 4. The monoisotopic (exact) mass is 353 g/mol. The molecule has 2 aliphatic rings. The van der Waals surface area contributed by atoms with Gasteiger partial charge in [-0.15, -0.1) is 0 Å². The predicted molar refractivity (Wildman–Crippen MR) is 98.4 cm³/mol. The average Bonchev–Trinajstić information content (AvgIpc) is 2.40. The summed E-state index contributed by atoms with van der Waals surface area (Å²) < 4.78 is 5.34. The molecular weight excluding hydrogens is 318 g/mol. The maximum absolute atomic E-state index is 12.9. The number of hydrogen-bond donors (Lipinski definition) is 2. The molecule has 1 aliphatic heterocycles. The van der Waals surface area contributed by atoms with Crippen LogP contribution in [0.15, 0.2) is 0 Å². The molecule has 0 atom stereocenters. The highest BCUT2D eigenvalue weighted by Crippen LogP contribution is 2.34. The molecule has 2 N–H and O–H groups in total. The van der Waals surface area contributed by atoms with Gasteiger partial charge in [0.15, 0.2) is 0 Å². The summed E-state index contributed by atoms with van der Waals surface area (Å²) >= 11 is 0. The van der Waals surface area contributed by atoms with Crippen molar-refractivity contribution < 1.29 is 14.3 Å². The van der Waals surface area contributed by atoms with E-state index in [9.17, 15) is 9.59 Å². The fraction of sp³-hybridized carbons (Fsp3) is 0.895. The number of likely N-dealkylation sites (tertiary alicyclic amines) is 1. The van der Waals surface area contributed by atoms with E-state index < -0.39 is 17.2 Å². The van der Waals surface area contributed by atoms with Crippen LogP contribution in [-0.4, -0.2) is 52.7 Å². The molecule has 25 heavy (non-hydrogen) atoms. The topological polar surface area (TPSA) is 70.7 Å². The van der Waals surface area contributed by atoms with Gasteiger partial charge in [0, 0.05) is 24.7 Å². The number of nitrogens with zero attached hydrogens (tertiary/aromatic N) is 1. The third-order valence-corrected chi connectivity index (χ3v) is 5.43. The molecule has 2 rings (SSSR count). The van der Waals surface area contributed by atoms with Crippen LogP contribution in [0.1, 0.15) is 73.6 Å². The van der Waals surface area contributed by atoms with E-state index in [2.05, 4.69) is 36.3 Å². The van der Waals surface area contributed by atoms with Crippen molar-refractivity contribution in [1.29, 1.82) is 0 Å². The SMILES string of the molecule is CC(C)N1CCC(C)(NC(=O)C2(NC(=O)OC(C)(C)C)CCC2)CC1. The number of alkyl carbamates (subject to hydrolysis) is 1. The second-order valence-electron chi connectivity index (χ2n) is 9.21. The summed E-state index contributed by atoms with van der Waals surface area (Å²) in [6.45, 7) is 14.0. The normalized spacial score (nSPS) is 22.8. The molecule has 2 amide bonds. The molecule has 6 heteroatoms. The zero-order chi connectivity index (χ0) is 18.9. The number of carbonyl (C=O) groups excluding carboxylic acids is 2. The first-order valence-corrected chi connectivity index (χ1v) is 9.53. The van der Waals surface area contributed by atoms with E-state index in [0.29, 0.717) is 18.9 Å². The van der Waals surface area contributed by atoms with Crippen LogP contribution in [0.2, 0.25) is 0 Å². The van der Waals surface area contributed by atoms with E-state index in [0.717, 1.165) is 32.4 Å². The van der Waals surface area contributed by atoms with Crippen LogP contribution in [0.5, 0.6) is 0 Å². The first kappa shape index (κ1) is 20.0. The predicted octanol–water partition coefficient (Wildman–Crippen LogP) is 2.81. The Morgan fingerprint density at radius 2 is 1.60 bits per heavy atom. The second kappa shape index (κ2) is 7.14. The molecule has 0 unspecified atom stereocenters. The summed E-state index contributed by atoms with van der Waals surface area (Å²) in [5.74, 6) is -0.0647. The molecule has 1 aliphatic carbocycles. The smallest absolute Gasteiger partial charge is 0.408 e. The van der Waals surface area contributed by atoms with Crippen LogP contribution < -0.4 is 10.6 Å². The molecule has 1 saturated heterocycles. The highest BCUT2D eigenvalue weighted by molar-refractivity contribution is 5.91. The van der Waals surface area contributed by atoms with E-state index in [4.69, 9.17) is 4.74 Å². The minimum atomic E-state index is -0.805. The van der Waals surface area contributed by atoms with E-state index in [1.807, 2.05) is 20.8 Å². The van der Waals surface area contributed by atoms with Gasteiger partial charge in [0.1, 0.15) is 11.1 Å². The van der Waals surface area contributed by atoms with Gasteiger partial charge in [-0.1, -0.05) is 0 Å². The Balaban J connectivity index is 1.95. The maximum atomic E-state index is 12.9. The summed E-state index contributed by atoms with van der Waals surface area (Å²) in [7, 11) is 0. The summed E-state index contributed by atoms with van der Waals surface area (Å²) in [4.78, 5) is 27.5. The van der Waals surface area contributed by atoms with Crippen LogP contribution in [0.3, 0.4) is 0 Å². The Morgan fingerprint density at radius 1 is 1.04 bits per heavy atom. The summed E-state index contributed by atoms with van der Waals surface area (Å²) in [5, 5.41) is 6.07. The van der Waals surface area contributed by atoms with Gasteiger partial charge in [0.2, 0.25) is 5.91 Å². The molecule has 0 spiro atoms. The highest BCUT2D eigenvalue weighted by atomic mass is 16.6. The van der Waals surface area contributed by atoms with Crippen LogP contribution >= 0.6 is 0 Å². The van der Waals surface area contributed by atoms with Crippen molar-refractivity contribution in [3.8, 4) is 0 Å². The average molecular weight is 354 g/mol. The third-order valence-electron chi connectivity index (χ3n) is 5.43. The molecule has 6 nitrogen and oxygen atoms in total. The number of nitrogens with one attached hydrogen (secondary N) is 2. The van der Waals surface area contributed by atoms with Gasteiger partial charge in [-0.05, 0) is 73.6 Å². The largest absolute Gasteiger partial charge is 0.444 e. The Bertz CT molecular complexity index is 499. The summed E-state index contributed by atoms with van der Waals surface area (Å²) in [6, 6.07) is 0.534. The fourth-order valence-electron chi connectivity index (χ4n) is 3.49. The Labute approximate surface area is 152 Å². The van der Waals surface area contributed by atoms with Crippen LogP contribution in [0.4, 0.5) is 4.79 Å². The highest BCUT2D eigenvalue weighted by Gasteiger charge is 2.48. The molecule has 1 heterocycles. The lowest BCUT2D eigenvalue weighted by Crippen LogP contribution is -2.67. The van der Waals surface area contributed by atoms with Crippen LogP contribution in [0.25, 0.3) is 0 Å². The minimum absolute atomic E-state index is 0.0647. The van der Waals surface area contributed by atoms with Gasteiger partial charge >= 0.3 is 6.09 Å². The molecular formula is C19H35N3O3. The summed E-state index contributed by atoms with van der Waals surface area (Å²) in [5.41, 5.74) is -1.58. The lowest BCUT2D eigenvalue weighted by Gasteiger charge is -2.46. The van der Waals surface area contributed by atoms with Crippen LogP contribution in [-0.2, 0) is 9.53 Å². The standard InChI is InChI=1S/C19H35N3O3/c1-14(2)22-12-10-18(6,11-13-22)20-15(23)19(8-7-9-19)21-16(24)25-17(3,4)5/h14H,7-13H2,1-6H3,(H,20,23)(H,21,24). The van der Waals surface area contributed by atoms with E-state index in [1.54, 1.807) is 0 Å². The van der Waals surface area contributed by atoms with Crippen molar-refractivity contribution in [3.05, 3.63) is 0 Å². The van der Waals surface area contributed by atoms with Crippen molar-refractivity contribution >= 4 is 12.0 Å². The van der Waals surface area contributed by atoms with Crippen molar-refractivity contribution in [2.75, 3.05) is 13.1 Å². The molecule has 0 radical (unpaired) electrons. The van der Waals surface area contributed by atoms with Crippen molar-refractivity contribution in [2.45, 2.75) is 96.4 Å². The van der Waals surface area contributed by atoms with Crippen LogP contribution in [0, 0.1) is 0 Å². The van der Waals surface area contributed by atoms with Gasteiger partial charge < -0.3 is 20.3 Å². The molecule has 0 aromatic carbocycles. The molecule has 0 bridgehead atoms. The zero-order valence-corrected chi connectivity index (χ0v) is 16.7. The Morgan fingerprint density at radius 3 is 2.00 bits per heavy atom. The molecule has 144 valence electrons. The van der Waals surface area contributed by atoms with Crippen molar-refractivity contribution in [2.24, 2.45) is 0 Å². The summed E-state index contributed by atoms with van der Waals surface area (Å²) in [6.07, 6.45) is 3.64. The molecule has 1 saturated carbocycles. The fourth-order valence-corrected chi connectivity index (χ4v) is 3.49. The number of carbonyl (C=O) groups is 2. The molecule has 0 aromatic heterocycles. The minimum Gasteiger partial charge on any atom is -0.444 e. The number of piperidine rings is 1. The first-order chi connectivity index (χ1) is 11.4. The quantitative estimate of drug-likeness (QED) is 0.815. The molecule has 2 fully saturated rings. The maximum Gasteiger partial charge on any atom is 0.408 e. The van der Waals surface area contributed by atoms with Gasteiger partial charge in [-0.3, -0.25) is 4.79 Å². The zero-order valence-electron chi connectivity index (χ0n) is 16.7. The molecule has 0 aromatic rings. The van der Waals surface area contributed by atoms with Gasteiger partial charge in [-0.25, -0.2) is 4.79 Å². The first-order valence-electron chi connectivity index (χ1n) is 9.53. The van der Waals surface area contributed by atoms with Gasteiger partial charge in [-0.2, -0.15) is 0 Å². The van der Waals surface area contributed by atoms with Crippen molar-refractivity contribution in [1.82, 2.24) is 15.5 Å². The van der Waals surface area contributed by atoms with E-state index in [1.165, 1.54) is 0 Å². The number of amides is 2. The van der Waals surface area contributed by atoms with E-state index in [-0.39, 0.29) is 11.4 Å². The second-order valence-corrected chi connectivity index (χ2v) is 9.21. The number of rotatable bonds is 4. The van der Waals surface area contributed by atoms with Gasteiger partial charge in [0.25, 0.3) is 0 Å². The van der Waals surface area contributed by atoms with Crippen molar-refractivity contribution in [3.63, 3.8) is 0 Å². The third kappa shape index (κ3) is 5.09. The number of ether oxygens (including phenoxy) is 1. The lowest BCUT2D eigenvalue weighted by atomic mass is 9.75. The lowest BCUT2D eigenvalue weighted by molar-refractivity contribution is -0.133.